The third-order valence-electron chi connectivity index (χ3n) is 3.37. The number of benzene rings is 1. The lowest BCUT2D eigenvalue weighted by molar-refractivity contribution is 0.0953. The third-order valence-corrected chi connectivity index (χ3v) is 4.62. The van der Waals surface area contributed by atoms with Gasteiger partial charge in [-0.3, -0.25) is 9.59 Å². The fraction of sp³-hybridized carbons (Fsp3) is 0.118. The molecule has 24 heavy (non-hydrogen) atoms. The largest absolute Gasteiger partial charge is 0.352 e. The van der Waals surface area contributed by atoms with Crippen LogP contribution in [0, 0.1) is 0 Å². The highest BCUT2D eigenvalue weighted by Crippen LogP contribution is 2.30. The van der Waals surface area contributed by atoms with Crippen molar-refractivity contribution in [2.75, 3.05) is 6.54 Å². The zero-order valence-electron chi connectivity index (χ0n) is 12.6. The standard InChI is InChI=1S/C17H14ClN3O2S/c18-14-4-2-1-3-13(14)17-21-12(10-24-17)7-8-19-16(23)11-5-6-15(22)20-9-11/h1-6,9-10H,7-8H2,(H,19,23)(H,20,22). The van der Waals surface area contributed by atoms with Crippen LogP contribution in [0.4, 0.5) is 0 Å². The van der Waals surface area contributed by atoms with Crippen molar-refractivity contribution in [1.29, 1.82) is 0 Å². The minimum Gasteiger partial charge on any atom is -0.352 e. The van der Waals surface area contributed by atoms with Gasteiger partial charge >= 0.3 is 0 Å². The molecule has 3 rings (SSSR count). The number of aromatic nitrogens is 2. The molecule has 0 aliphatic rings. The minimum absolute atomic E-state index is 0.229. The summed E-state index contributed by atoms with van der Waals surface area (Å²) in [5.41, 5.74) is 2.00. The Hall–Kier alpha value is -2.44. The number of thiazole rings is 1. The van der Waals surface area contributed by atoms with Crippen molar-refractivity contribution in [3.8, 4) is 10.6 Å². The Morgan fingerprint density at radius 3 is 2.83 bits per heavy atom. The first-order valence-corrected chi connectivity index (χ1v) is 8.55. The van der Waals surface area contributed by atoms with E-state index in [9.17, 15) is 9.59 Å². The van der Waals surface area contributed by atoms with Gasteiger partial charge in [0.05, 0.1) is 16.3 Å². The second-order valence-corrected chi connectivity index (χ2v) is 6.34. The molecule has 2 heterocycles. The number of amides is 1. The van der Waals surface area contributed by atoms with Crippen molar-refractivity contribution in [3.63, 3.8) is 0 Å². The predicted molar refractivity (Wildman–Crippen MR) is 95.7 cm³/mol. The lowest BCUT2D eigenvalue weighted by atomic mass is 10.2. The smallest absolute Gasteiger partial charge is 0.252 e. The van der Waals surface area contributed by atoms with E-state index in [1.165, 1.54) is 29.7 Å². The van der Waals surface area contributed by atoms with E-state index >= 15 is 0 Å². The van der Waals surface area contributed by atoms with E-state index in [4.69, 9.17) is 11.6 Å². The maximum absolute atomic E-state index is 11.9. The van der Waals surface area contributed by atoms with Crippen molar-refractivity contribution < 1.29 is 4.79 Å². The molecule has 2 aromatic heterocycles. The maximum Gasteiger partial charge on any atom is 0.252 e. The van der Waals surface area contributed by atoms with E-state index in [-0.39, 0.29) is 11.5 Å². The SMILES string of the molecule is O=C(NCCc1csc(-c2ccccc2Cl)n1)c1ccc(=O)[nH]c1. The van der Waals surface area contributed by atoms with Crippen molar-refractivity contribution in [2.24, 2.45) is 0 Å². The van der Waals surface area contributed by atoms with E-state index < -0.39 is 0 Å². The number of carbonyl (C=O) groups is 1. The predicted octanol–water partition coefficient (Wildman–Crippen LogP) is 3.12. The molecular formula is C17H14ClN3O2S. The van der Waals surface area contributed by atoms with Gasteiger partial charge in [0.25, 0.3) is 5.91 Å². The van der Waals surface area contributed by atoms with Gasteiger partial charge in [-0.05, 0) is 12.1 Å². The van der Waals surface area contributed by atoms with Gasteiger partial charge in [-0.1, -0.05) is 29.8 Å². The van der Waals surface area contributed by atoms with Crippen LogP contribution in [0.15, 0.2) is 52.8 Å². The monoisotopic (exact) mass is 359 g/mol. The summed E-state index contributed by atoms with van der Waals surface area (Å²) in [6, 6.07) is 10.4. The lowest BCUT2D eigenvalue weighted by Gasteiger charge is -2.03. The summed E-state index contributed by atoms with van der Waals surface area (Å²) < 4.78 is 0. The van der Waals surface area contributed by atoms with Gasteiger partial charge in [-0.15, -0.1) is 11.3 Å². The summed E-state index contributed by atoms with van der Waals surface area (Å²) in [5.74, 6) is -0.229. The highest BCUT2D eigenvalue weighted by molar-refractivity contribution is 7.13. The quantitative estimate of drug-likeness (QED) is 0.735. The Bertz CT molecular complexity index is 899. The van der Waals surface area contributed by atoms with Crippen LogP contribution < -0.4 is 10.9 Å². The number of H-pyrrole nitrogens is 1. The number of aromatic amines is 1. The van der Waals surface area contributed by atoms with Gasteiger partial charge in [0, 0.05) is 36.2 Å². The zero-order valence-corrected chi connectivity index (χ0v) is 14.2. The van der Waals surface area contributed by atoms with E-state index in [1.807, 2.05) is 29.6 Å². The molecule has 0 aliphatic carbocycles. The molecule has 0 unspecified atom stereocenters. The number of rotatable bonds is 5. The van der Waals surface area contributed by atoms with Crippen LogP contribution in [0.3, 0.4) is 0 Å². The van der Waals surface area contributed by atoms with E-state index in [0.717, 1.165) is 16.3 Å². The van der Waals surface area contributed by atoms with Crippen molar-refractivity contribution >= 4 is 28.8 Å². The fourth-order valence-corrected chi connectivity index (χ4v) is 3.31. The highest BCUT2D eigenvalue weighted by atomic mass is 35.5. The van der Waals surface area contributed by atoms with Crippen molar-refractivity contribution in [3.05, 3.63) is 74.6 Å². The van der Waals surface area contributed by atoms with Crippen LogP contribution in [0.2, 0.25) is 5.02 Å². The topological polar surface area (TPSA) is 74.8 Å². The van der Waals surface area contributed by atoms with Crippen LogP contribution in [-0.2, 0) is 6.42 Å². The van der Waals surface area contributed by atoms with Gasteiger partial charge in [-0.25, -0.2) is 4.98 Å². The van der Waals surface area contributed by atoms with Gasteiger partial charge in [-0.2, -0.15) is 0 Å². The molecule has 0 fully saturated rings. The molecule has 0 spiro atoms. The molecule has 1 amide bonds. The Kier molecular flexibility index (Phi) is 5.08. The molecule has 5 nitrogen and oxygen atoms in total. The second kappa shape index (κ2) is 7.42. The lowest BCUT2D eigenvalue weighted by Crippen LogP contribution is -2.26. The Balaban J connectivity index is 1.58. The fourth-order valence-electron chi connectivity index (χ4n) is 2.14. The number of carbonyl (C=O) groups excluding carboxylic acids is 1. The number of hydrogen-bond donors (Lipinski definition) is 2. The van der Waals surface area contributed by atoms with Crippen LogP contribution in [0.1, 0.15) is 16.1 Å². The second-order valence-electron chi connectivity index (χ2n) is 5.07. The maximum atomic E-state index is 11.9. The Labute approximate surface area is 147 Å². The summed E-state index contributed by atoms with van der Waals surface area (Å²) in [4.78, 5) is 30.0. The third kappa shape index (κ3) is 3.90. The van der Waals surface area contributed by atoms with Gasteiger partial charge in [0.15, 0.2) is 0 Å². The number of halogens is 1. The molecule has 0 bridgehead atoms. The first-order valence-electron chi connectivity index (χ1n) is 7.30. The molecule has 1 aromatic carbocycles. The van der Waals surface area contributed by atoms with Crippen molar-refractivity contribution in [2.45, 2.75) is 6.42 Å². The first kappa shape index (κ1) is 16.4. The molecule has 0 saturated heterocycles. The van der Waals surface area contributed by atoms with Crippen LogP contribution in [0.25, 0.3) is 10.6 Å². The number of pyridine rings is 1. The molecule has 0 radical (unpaired) electrons. The average molecular weight is 360 g/mol. The molecular weight excluding hydrogens is 346 g/mol. The van der Waals surface area contributed by atoms with Gasteiger partial charge in [0.2, 0.25) is 5.56 Å². The Morgan fingerprint density at radius 2 is 2.08 bits per heavy atom. The molecule has 2 N–H and O–H groups in total. The van der Waals surface area contributed by atoms with Crippen LogP contribution in [-0.4, -0.2) is 22.4 Å². The minimum atomic E-state index is -0.235. The molecule has 7 heteroatoms. The summed E-state index contributed by atoms with van der Waals surface area (Å²) in [7, 11) is 0. The molecule has 0 saturated carbocycles. The zero-order chi connectivity index (χ0) is 16.9. The average Bonchev–Trinajstić information content (AvgIpc) is 3.04. The van der Waals surface area contributed by atoms with Gasteiger partial charge in [0.1, 0.15) is 5.01 Å². The normalized spacial score (nSPS) is 10.5. The number of nitrogens with zero attached hydrogens (tertiary/aromatic N) is 1. The van der Waals surface area contributed by atoms with Crippen LogP contribution in [0.5, 0.6) is 0 Å². The highest BCUT2D eigenvalue weighted by Gasteiger charge is 2.09. The molecule has 122 valence electrons. The molecule has 0 aliphatic heterocycles. The van der Waals surface area contributed by atoms with E-state index in [2.05, 4.69) is 15.3 Å². The summed E-state index contributed by atoms with van der Waals surface area (Å²) in [5, 5.41) is 6.30. The summed E-state index contributed by atoms with van der Waals surface area (Å²) in [6.07, 6.45) is 2.02. The molecule has 3 aromatic rings. The summed E-state index contributed by atoms with van der Waals surface area (Å²) >= 11 is 7.70. The summed E-state index contributed by atoms with van der Waals surface area (Å²) in [6.45, 7) is 0.462. The first-order chi connectivity index (χ1) is 11.6. The van der Waals surface area contributed by atoms with E-state index in [0.29, 0.717) is 23.6 Å². The van der Waals surface area contributed by atoms with E-state index in [1.54, 1.807) is 0 Å². The van der Waals surface area contributed by atoms with Crippen LogP contribution >= 0.6 is 22.9 Å². The molecule has 0 atom stereocenters. The van der Waals surface area contributed by atoms with Crippen molar-refractivity contribution in [1.82, 2.24) is 15.3 Å². The Morgan fingerprint density at radius 1 is 1.25 bits per heavy atom. The number of nitrogens with one attached hydrogen (secondary N) is 2. The number of hydrogen-bond acceptors (Lipinski definition) is 4. The van der Waals surface area contributed by atoms with Gasteiger partial charge < -0.3 is 10.3 Å².